The van der Waals surface area contributed by atoms with Crippen molar-refractivity contribution >= 4 is 35.0 Å². The number of ether oxygens (including phenoxy) is 2. The molecule has 0 spiro atoms. The summed E-state index contributed by atoms with van der Waals surface area (Å²) >= 11 is 2.29. The lowest BCUT2D eigenvalue weighted by Gasteiger charge is -2.11. The zero-order chi connectivity index (χ0) is 14.8. The number of hydrogen-bond donors (Lipinski definition) is 1. The summed E-state index contributed by atoms with van der Waals surface area (Å²) in [6.07, 6.45) is 0. The highest BCUT2D eigenvalue weighted by molar-refractivity contribution is 14.1. The molecule has 0 aliphatic heterocycles. The van der Waals surface area contributed by atoms with Crippen LogP contribution in [0, 0.1) is 10.5 Å². The lowest BCUT2D eigenvalue weighted by molar-refractivity contribution is 0.101. The Labute approximate surface area is 148 Å². The van der Waals surface area contributed by atoms with Gasteiger partial charge in [-0.25, -0.2) is 0 Å². The topological polar surface area (TPSA) is 33.7 Å². The van der Waals surface area contributed by atoms with Crippen LogP contribution < -0.4 is 10.1 Å². The summed E-state index contributed by atoms with van der Waals surface area (Å²) in [7, 11) is 4.14. The fourth-order valence-electron chi connectivity index (χ4n) is 1.61. The van der Waals surface area contributed by atoms with Crippen LogP contribution in [0.25, 0.3) is 0 Å². The van der Waals surface area contributed by atoms with Gasteiger partial charge in [0.1, 0.15) is 12.4 Å². The average molecular weight is 429 g/mol. The molecule has 0 amide bonds. The van der Waals surface area contributed by atoms with Crippen molar-refractivity contribution in [3.05, 3.63) is 27.3 Å². The van der Waals surface area contributed by atoms with E-state index in [0.717, 1.165) is 35.6 Å². The Morgan fingerprint density at radius 3 is 2.57 bits per heavy atom. The van der Waals surface area contributed by atoms with Gasteiger partial charge in [-0.15, -0.1) is 12.4 Å². The number of aryl methyl sites for hydroxylation is 1. The standard InChI is InChI=1S/C15H25IN2O2.ClH/c1-13-4-5-15(14(16)12-13)20-11-10-19-9-7-17-6-8-18(2)3;/h4-5,12,17H,6-11H2,1-3H3;1H. The number of likely N-dealkylation sites (N-methyl/N-ethyl adjacent to an activating group) is 1. The first-order valence-corrected chi connectivity index (χ1v) is 7.99. The molecule has 21 heavy (non-hydrogen) atoms. The van der Waals surface area contributed by atoms with Crippen molar-refractivity contribution in [3.63, 3.8) is 0 Å². The molecule has 1 aromatic carbocycles. The third-order valence-electron chi connectivity index (χ3n) is 2.73. The van der Waals surface area contributed by atoms with E-state index in [2.05, 4.69) is 66.0 Å². The number of benzene rings is 1. The predicted octanol–water partition coefficient (Wildman–Crippen LogP) is 2.57. The van der Waals surface area contributed by atoms with E-state index in [-0.39, 0.29) is 12.4 Å². The summed E-state index contributed by atoms with van der Waals surface area (Å²) < 4.78 is 12.4. The molecule has 0 saturated carbocycles. The molecule has 122 valence electrons. The Morgan fingerprint density at radius 1 is 1.14 bits per heavy atom. The molecule has 0 aliphatic rings. The molecular formula is C15H26ClIN2O2. The van der Waals surface area contributed by atoms with E-state index in [1.807, 2.05) is 6.07 Å². The van der Waals surface area contributed by atoms with E-state index in [1.54, 1.807) is 0 Å². The maximum Gasteiger partial charge on any atom is 0.132 e. The van der Waals surface area contributed by atoms with E-state index in [0.29, 0.717) is 13.2 Å². The Morgan fingerprint density at radius 2 is 1.90 bits per heavy atom. The van der Waals surface area contributed by atoms with Crippen LogP contribution in [-0.2, 0) is 4.74 Å². The second kappa shape index (κ2) is 12.5. The Hall–Kier alpha value is -0.0800. The van der Waals surface area contributed by atoms with Gasteiger partial charge in [-0.2, -0.15) is 0 Å². The summed E-state index contributed by atoms with van der Waals surface area (Å²) in [4.78, 5) is 2.16. The normalized spacial score (nSPS) is 10.5. The highest BCUT2D eigenvalue weighted by atomic mass is 127. The van der Waals surface area contributed by atoms with Crippen molar-refractivity contribution in [3.8, 4) is 5.75 Å². The fourth-order valence-corrected chi connectivity index (χ4v) is 2.43. The van der Waals surface area contributed by atoms with E-state index in [9.17, 15) is 0 Å². The molecule has 0 atom stereocenters. The van der Waals surface area contributed by atoms with Crippen molar-refractivity contribution < 1.29 is 9.47 Å². The van der Waals surface area contributed by atoms with Gasteiger partial charge in [0.05, 0.1) is 16.8 Å². The minimum absolute atomic E-state index is 0. The predicted molar refractivity (Wildman–Crippen MR) is 98.9 cm³/mol. The van der Waals surface area contributed by atoms with Crippen molar-refractivity contribution in [2.24, 2.45) is 0 Å². The lowest BCUT2D eigenvalue weighted by Crippen LogP contribution is -2.29. The van der Waals surface area contributed by atoms with Crippen molar-refractivity contribution in [2.45, 2.75) is 6.92 Å². The third kappa shape index (κ3) is 10.3. The molecule has 0 saturated heterocycles. The summed E-state index contributed by atoms with van der Waals surface area (Å²) in [5.74, 6) is 0.934. The zero-order valence-corrected chi connectivity index (χ0v) is 16.0. The third-order valence-corrected chi connectivity index (χ3v) is 3.57. The fraction of sp³-hybridized carbons (Fsp3) is 0.600. The van der Waals surface area contributed by atoms with Crippen LogP contribution in [0.5, 0.6) is 5.75 Å². The summed E-state index contributed by atoms with van der Waals surface area (Å²) in [6.45, 7) is 6.95. The monoisotopic (exact) mass is 428 g/mol. The zero-order valence-electron chi connectivity index (χ0n) is 13.0. The SMILES string of the molecule is Cc1ccc(OCCOCCNCCN(C)C)c(I)c1.Cl. The van der Waals surface area contributed by atoms with Gasteiger partial charge in [0, 0.05) is 19.6 Å². The summed E-state index contributed by atoms with van der Waals surface area (Å²) in [5, 5.41) is 3.33. The quantitative estimate of drug-likeness (QED) is 0.459. The van der Waals surface area contributed by atoms with E-state index >= 15 is 0 Å². The van der Waals surface area contributed by atoms with E-state index < -0.39 is 0 Å². The van der Waals surface area contributed by atoms with Gasteiger partial charge in [-0.05, 0) is 61.3 Å². The molecule has 1 rings (SSSR count). The number of nitrogens with zero attached hydrogens (tertiary/aromatic N) is 1. The molecule has 0 unspecified atom stereocenters. The van der Waals surface area contributed by atoms with Crippen LogP contribution >= 0.6 is 35.0 Å². The van der Waals surface area contributed by atoms with E-state index in [4.69, 9.17) is 9.47 Å². The molecule has 0 heterocycles. The van der Waals surface area contributed by atoms with Crippen LogP contribution in [0.1, 0.15) is 5.56 Å². The van der Waals surface area contributed by atoms with Gasteiger partial charge < -0.3 is 19.7 Å². The lowest BCUT2D eigenvalue weighted by atomic mass is 10.2. The van der Waals surface area contributed by atoms with Gasteiger partial charge in [0.25, 0.3) is 0 Å². The number of nitrogens with one attached hydrogen (secondary N) is 1. The molecule has 0 aliphatic carbocycles. The first-order valence-electron chi connectivity index (χ1n) is 6.91. The van der Waals surface area contributed by atoms with Crippen molar-refractivity contribution in [2.75, 3.05) is 53.6 Å². The van der Waals surface area contributed by atoms with Gasteiger partial charge >= 0.3 is 0 Å². The number of hydrogen-bond acceptors (Lipinski definition) is 4. The average Bonchev–Trinajstić information content (AvgIpc) is 2.38. The molecular weight excluding hydrogens is 403 g/mol. The molecule has 0 bridgehead atoms. The molecule has 1 N–H and O–H groups in total. The highest BCUT2D eigenvalue weighted by Crippen LogP contribution is 2.21. The Kier molecular flexibility index (Phi) is 12.4. The van der Waals surface area contributed by atoms with Gasteiger partial charge in [-0.3, -0.25) is 0 Å². The minimum Gasteiger partial charge on any atom is -0.490 e. The maximum absolute atomic E-state index is 5.69. The second-order valence-corrected chi connectivity index (χ2v) is 6.11. The molecule has 6 heteroatoms. The smallest absolute Gasteiger partial charge is 0.132 e. The molecule has 0 fully saturated rings. The van der Waals surface area contributed by atoms with Crippen LogP contribution in [0.3, 0.4) is 0 Å². The van der Waals surface area contributed by atoms with Crippen LogP contribution in [0.15, 0.2) is 18.2 Å². The van der Waals surface area contributed by atoms with Crippen molar-refractivity contribution in [1.29, 1.82) is 0 Å². The Balaban J connectivity index is 0.00000400. The van der Waals surface area contributed by atoms with Gasteiger partial charge in [-0.1, -0.05) is 6.07 Å². The summed E-state index contributed by atoms with van der Waals surface area (Å²) in [6, 6.07) is 6.19. The maximum atomic E-state index is 5.69. The molecule has 1 aromatic rings. The second-order valence-electron chi connectivity index (χ2n) is 4.95. The highest BCUT2D eigenvalue weighted by Gasteiger charge is 2.00. The molecule has 4 nitrogen and oxygen atoms in total. The summed E-state index contributed by atoms with van der Waals surface area (Å²) in [5.41, 5.74) is 1.25. The van der Waals surface area contributed by atoms with Gasteiger partial charge in [0.2, 0.25) is 0 Å². The first kappa shape index (κ1) is 20.9. The number of rotatable bonds is 10. The van der Waals surface area contributed by atoms with Crippen molar-refractivity contribution in [1.82, 2.24) is 10.2 Å². The van der Waals surface area contributed by atoms with Gasteiger partial charge in [0.15, 0.2) is 0 Å². The Bertz CT molecular complexity index is 392. The van der Waals surface area contributed by atoms with Crippen LogP contribution in [0.4, 0.5) is 0 Å². The largest absolute Gasteiger partial charge is 0.490 e. The van der Waals surface area contributed by atoms with E-state index in [1.165, 1.54) is 5.56 Å². The van der Waals surface area contributed by atoms with Crippen LogP contribution in [0.2, 0.25) is 0 Å². The molecule has 0 aromatic heterocycles. The van der Waals surface area contributed by atoms with Crippen LogP contribution in [-0.4, -0.2) is 58.5 Å². The number of halogens is 2. The first-order chi connectivity index (χ1) is 9.59. The minimum atomic E-state index is 0. The molecule has 0 radical (unpaired) electrons.